The lowest BCUT2D eigenvalue weighted by Crippen LogP contribution is -2.30. The molecule has 3 aromatic rings. The van der Waals surface area contributed by atoms with E-state index in [1.807, 2.05) is 19.2 Å². The van der Waals surface area contributed by atoms with Crippen molar-refractivity contribution in [2.45, 2.75) is 24.9 Å². The second kappa shape index (κ2) is 8.45. The predicted molar refractivity (Wildman–Crippen MR) is 121 cm³/mol. The van der Waals surface area contributed by atoms with Crippen LogP contribution in [0, 0.1) is 5.82 Å². The number of fused-ring (bicyclic) bond motifs is 1. The number of nitrogens with one attached hydrogen (secondary N) is 2. The van der Waals surface area contributed by atoms with Crippen LogP contribution in [0.1, 0.15) is 24.4 Å². The van der Waals surface area contributed by atoms with Crippen molar-refractivity contribution in [1.29, 1.82) is 0 Å². The zero-order valence-electron chi connectivity index (χ0n) is 16.4. The third-order valence-electron chi connectivity index (χ3n) is 5.04. The minimum absolute atomic E-state index is 0.303. The van der Waals surface area contributed by atoms with Gasteiger partial charge >= 0.3 is 0 Å². The maximum absolute atomic E-state index is 13.5. The van der Waals surface area contributed by atoms with Crippen LogP contribution >= 0.6 is 15.9 Å². The lowest BCUT2D eigenvalue weighted by atomic mass is 10.0. The Morgan fingerprint density at radius 1 is 1.27 bits per heavy atom. The maximum atomic E-state index is 13.5. The van der Waals surface area contributed by atoms with Crippen molar-refractivity contribution in [3.8, 4) is 0 Å². The molecule has 0 aliphatic heterocycles. The zero-order valence-corrected chi connectivity index (χ0v) is 18.0. The smallest absolute Gasteiger partial charge is 0.137 e. The molecule has 1 aromatic heterocycles. The number of aromatic nitrogens is 2. The van der Waals surface area contributed by atoms with E-state index in [0.717, 1.165) is 39.5 Å². The van der Waals surface area contributed by atoms with E-state index in [4.69, 9.17) is 11.6 Å². The molecule has 0 spiro atoms. The van der Waals surface area contributed by atoms with Crippen LogP contribution in [0.3, 0.4) is 0 Å². The largest absolute Gasteiger partial charge is 0.399 e. The van der Waals surface area contributed by atoms with Gasteiger partial charge in [-0.05, 0) is 58.6 Å². The quantitative estimate of drug-likeness (QED) is 0.306. The number of benzene rings is 2. The first-order valence-corrected chi connectivity index (χ1v) is 10.4. The summed E-state index contributed by atoms with van der Waals surface area (Å²) in [5.41, 5.74) is 9.40. The SMILES string of the molecule is CNc1ncnc2c(Br)cc(NC(/C(N)=C/N(N)C3CC3)c3ccc(F)cc3)cc12. The van der Waals surface area contributed by atoms with Gasteiger partial charge in [0, 0.05) is 34.8 Å². The molecule has 1 atom stereocenters. The molecule has 4 rings (SSSR count). The highest BCUT2D eigenvalue weighted by Crippen LogP contribution is 2.33. The van der Waals surface area contributed by atoms with Crippen LogP contribution in [-0.4, -0.2) is 28.1 Å². The van der Waals surface area contributed by atoms with Crippen LogP contribution in [0.25, 0.3) is 10.9 Å². The van der Waals surface area contributed by atoms with Crippen molar-refractivity contribution >= 4 is 38.3 Å². The van der Waals surface area contributed by atoms with Crippen LogP contribution in [-0.2, 0) is 0 Å². The third-order valence-corrected chi connectivity index (χ3v) is 5.65. The molecule has 1 fully saturated rings. The standard InChI is InChI=1S/C21H23BrFN7/c1-26-21-16-8-14(9-17(22)20(16)27-11-28-21)29-19(12-2-4-13(23)5-3-12)18(24)10-30(25)15-6-7-15/h2-5,8-11,15,19,29H,6-7,24-25H2,1H3,(H,26,27,28)/b18-10-. The van der Waals surface area contributed by atoms with E-state index in [1.165, 1.54) is 18.5 Å². The van der Waals surface area contributed by atoms with Crippen LogP contribution < -0.4 is 22.2 Å². The highest BCUT2D eigenvalue weighted by molar-refractivity contribution is 9.10. The molecule has 30 heavy (non-hydrogen) atoms. The molecule has 1 heterocycles. The van der Waals surface area contributed by atoms with E-state index >= 15 is 0 Å². The number of nitrogens with zero attached hydrogens (tertiary/aromatic N) is 3. The first kappa shape index (κ1) is 20.4. The molecule has 2 aromatic carbocycles. The molecule has 1 unspecified atom stereocenters. The van der Waals surface area contributed by atoms with Crippen molar-refractivity contribution < 1.29 is 4.39 Å². The molecule has 0 amide bonds. The van der Waals surface area contributed by atoms with Crippen LogP contribution in [0.15, 0.2) is 59.1 Å². The van der Waals surface area contributed by atoms with Crippen molar-refractivity contribution in [2.75, 3.05) is 17.7 Å². The number of nitrogens with two attached hydrogens (primary N) is 2. The molecular formula is C21H23BrFN7. The Hall–Kier alpha value is -2.91. The summed E-state index contributed by atoms with van der Waals surface area (Å²) in [6.07, 6.45) is 5.37. The number of rotatable bonds is 7. The molecule has 9 heteroatoms. The molecule has 6 N–H and O–H groups in total. The molecular weight excluding hydrogens is 449 g/mol. The van der Waals surface area contributed by atoms with Gasteiger partial charge in [-0.2, -0.15) is 0 Å². The van der Waals surface area contributed by atoms with E-state index in [-0.39, 0.29) is 5.82 Å². The number of hydrazine groups is 1. The van der Waals surface area contributed by atoms with Crippen molar-refractivity contribution in [3.05, 3.63) is 70.5 Å². The van der Waals surface area contributed by atoms with Gasteiger partial charge in [-0.3, -0.25) is 0 Å². The van der Waals surface area contributed by atoms with Gasteiger partial charge in [0.15, 0.2) is 0 Å². The first-order valence-electron chi connectivity index (χ1n) is 9.60. The molecule has 1 aliphatic rings. The summed E-state index contributed by atoms with van der Waals surface area (Å²) in [7, 11) is 1.81. The fourth-order valence-corrected chi connectivity index (χ4v) is 3.88. The van der Waals surface area contributed by atoms with Gasteiger partial charge in [0.05, 0.1) is 17.3 Å². The van der Waals surface area contributed by atoms with Gasteiger partial charge < -0.3 is 21.4 Å². The zero-order chi connectivity index (χ0) is 21.3. The fraction of sp³-hybridized carbons (Fsp3) is 0.238. The van der Waals surface area contributed by atoms with Gasteiger partial charge in [0.25, 0.3) is 0 Å². The number of hydrogen-bond donors (Lipinski definition) is 4. The summed E-state index contributed by atoms with van der Waals surface area (Å²) in [5.74, 6) is 6.52. The van der Waals surface area contributed by atoms with Gasteiger partial charge in [-0.15, -0.1) is 0 Å². The molecule has 7 nitrogen and oxygen atoms in total. The van der Waals surface area contributed by atoms with Gasteiger partial charge in [-0.1, -0.05) is 12.1 Å². The van der Waals surface area contributed by atoms with Crippen LogP contribution in [0.2, 0.25) is 0 Å². The molecule has 0 saturated heterocycles. The predicted octanol–water partition coefficient (Wildman–Crippen LogP) is 3.86. The molecule has 1 saturated carbocycles. The van der Waals surface area contributed by atoms with E-state index < -0.39 is 6.04 Å². The lowest BCUT2D eigenvalue weighted by Gasteiger charge is -2.24. The summed E-state index contributed by atoms with van der Waals surface area (Å²) < 4.78 is 14.3. The Balaban J connectivity index is 1.73. The summed E-state index contributed by atoms with van der Waals surface area (Å²) in [5, 5.41) is 9.04. The second-order valence-electron chi connectivity index (χ2n) is 7.26. The summed E-state index contributed by atoms with van der Waals surface area (Å²) in [6.45, 7) is 0. The number of anilines is 2. The number of hydrogen-bond acceptors (Lipinski definition) is 7. The van der Waals surface area contributed by atoms with E-state index in [2.05, 4.69) is 36.5 Å². The van der Waals surface area contributed by atoms with Gasteiger partial charge in [-0.25, -0.2) is 20.2 Å². The average molecular weight is 472 g/mol. The van der Waals surface area contributed by atoms with Crippen molar-refractivity contribution in [3.63, 3.8) is 0 Å². The minimum Gasteiger partial charge on any atom is -0.399 e. The summed E-state index contributed by atoms with van der Waals surface area (Å²) in [6, 6.07) is 10.1. The monoisotopic (exact) mass is 471 g/mol. The second-order valence-corrected chi connectivity index (χ2v) is 8.12. The first-order chi connectivity index (χ1) is 14.5. The Morgan fingerprint density at radius 3 is 2.67 bits per heavy atom. The van der Waals surface area contributed by atoms with Crippen molar-refractivity contribution in [2.24, 2.45) is 11.6 Å². The van der Waals surface area contributed by atoms with Crippen molar-refractivity contribution in [1.82, 2.24) is 15.0 Å². The maximum Gasteiger partial charge on any atom is 0.137 e. The molecule has 1 aliphatic carbocycles. The molecule has 0 bridgehead atoms. The fourth-order valence-electron chi connectivity index (χ4n) is 3.31. The van der Waals surface area contributed by atoms with Crippen LogP contribution in [0.4, 0.5) is 15.9 Å². The third kappa shape index (κ3) is 4.31. The Morgan fingerprint density at radius 2 is 2.00 bits per heavy atom. The Labute approximate surface area is 182 Å². The topological polar surface area (TPSA) is 105 Å². The normalized spacial score (nSPS) is 15.1. The van der Waals surface area contributed by atoms with Gasteiger partial charge in [0.2, 0.25) is 0 Å². The van der Waals surface area contributed by atoms with E-state index in [1.54, 1.807) is 23.3 Å². The highest BCUT2D eigenvalue weighted by atomic mass is 79.9. The summed E-state index contributed by atoms with van der Waals surface area (Å²) in [4.78, 5) is 8.64. The van der Waals surface area contributed by atoms with E-state index in [9.17, 15) is 4.39 Å². The average Bonchev–Trinajstić information content (AvgIpc) is 3.58. The summed E-state index contributed by atoms with van der Waals surface area (Å²) >= 11 is 3.59. The van der Waals surface area contributed by atoms with Crippen LogP contribution in [0.5, 0.6) is 0 Å². The number of halogens is 2. The lowest BCUT2D eigenvalue weighted by molar-refractivity contribution is 0.378. The Kier molecular flexibility index (Phi) is 5.74. The minimum atomic E-state index is -0.401. The molecule has 156 valence electrons. The highest BCUT2D eigenvalue weighted by Gasteiger charge is 2.26. The molecule has 0 radical (unpaired) electrons. The van der Waals surface area contributed by atoms with Gasteiger partial charge in [0.1, 0.15) is 18.0 Å². The van der Waals surface area contributed by atoms with E-state index in [0.29, 0.717) is 17.6 Å². The Bertz CT molecular complexity index is 1080.